The largest absolute Gasteiger partial charge is 0.494 e. The van der Waals surface area contributed by atoms with Crippen molar-refractivity contribution in [3.8, 4) is 17.2 Å². The van der Waals surface area contributed by atoms with Gasteiger partial charge in [-0.25, -0.2) is 4.99 Å². The SMILES string of the molecule is CCOc1ccc(N=C2NC(=O)/C(=C\c3cccc(Oc4ccccc4)c3)S2)cc1. The number of rotatable bonds is 6. The predicted octanol–water partition coefficient (Wildman–Crippen LogP) is 5.77. The van der Waals surface area contributed by atoms with Crippen LogP contribution in [-0.2, 0) is 4.79 Å². The third-order valence-electron chi connectivity index (χ3n) is 4.16. The summed E-state index contributed by atoms with van der Waals surface area (Å²) in [6.07, 6.45) is 1.83. The van der Waals surface area contributed by atoms with E-state index in [0.29, 0.717) is 22.4 Å². The van der Waals surface area contributed by atoms with E-state index >= 15 is 0 Å². The average molecular weight is 417 g/mol. The molecule has 0 spiro atoms. The van der Waals surface area contributed by atoms with E-state index in [1.54, 1.807) is 0 Å². The summed E-state index contributed by atoms with van der Waals surface area (Å²) in [4.78, 5) is 17.4. The topological polar surface area (TPSA) is 59.9 Å². The minimum absolute atomic E-state index is 0.168. The molecule has 150 valence electrons. The molecule has 3 aromatic carbocycles. The fraction of sp³-hybridized carbons (Fsp3) is 0.0833. The number of para-hydroxylation sites is 1. The van der Waals surface area contributed by atoms with Gasteiger partial charge in [-0.15, -0.1) is 0 Å². The smallest absolute Gasteiger partial charge is 0.264 e. The standard InChI is InChI=1S/C24H20N2O3S/c1-2-28-19-13-11-18(12-14-19)25-24-26-23(27)22(30-24)16-17-7-6-10-21(15-17)29-20-8-4-3-5-9-20/h3-16H,2H2,1H3,(H,25,26,27)/b22-16+. The van der Waals surface area contributed by atoms with Gasteiger partial charge in [0.05, 0.1) is 17.2 Å². The number of hydrogen-bond acceptors (Lipinski definition) is 5. The lowest BCUT2D eigenvalue weighted by atomic mass is 10.2. The Morgan fingerprint density at radius 2 is 1.70 bits per heavy atom. The van der Waals surface area contributed by atoms with Crippen LogP contribution in [-0.4, -0.2) is 17.7 Å². The van der Waals surface area contributed by atoms with Crippen molar-refractivity contribution in [2.75, 3.05) is 6.61 Å². The fourth-order valence-electron chi connectivity index (χ4n) is 2.83. The Morgan fingerprint density at radius 3 is 2.47 bits per heavy atom. The summed E-state index contributed by atoms with van der Waals surface area (Å²) in [6.45, 7) is 2.56. The zero-order valence-electron chi connectivity index (χ0n) is 16.4. The first-order valence-corrected chi connectivity index (χ1v) is 10.4. The molecule has 30 heavy (non-hydrogen) atoms. The van der Waals surface area contributed by atoms with Crippen LogP contribution < -0.4 is 14.8 Å². The van der Waals surface area contributed by atoms with E-state index in [0.717, 1.165) is 22.7 Å². The van der Waals surface area contributed by atoms with E-state index in [4.69, 9.17) is 9.47 Å². The molecular weight excluding hydrogens is 396 g/mol. The summed E-state index contributed by atoms with van der Waals surface area (Å²) >= 11 is 1.31. The monoisotopic (exact) mass is 416 g/mol. The third-order valence-corrected chi connectivity index (χ3v) is 5.07. The van der Waals surface area contributed by atoms with Crippen LogP contribution in [0.5, 0.6) is 17.2 Å². The molecule has 0 aliphatic carbocycles. The first kappa shape index (κ1) is 19.8. The molecule has 0 radical (unpaired) electrons. The lowest BCUT2D eigenvalue weighted by Gasteiger charge is -2.06. The summed E-state index contributed by atoms with van der Waals surface area (Å²) in [5.41, 5.74) is 1.63. The van der Waals surface area contributed by atoms with E-state index in [-0.39, 0.29) is 5.91 Å². The van der Waals surface area contributed by atoms with Gasteiger partial charge in [0.1, 0.15) is 17.2 Å². The molecular formula is C24H20N2O3S. The van der Waals surface area contributed by atoms with Gasteiger partial charge in [0.25, 0.3) is 5.91 Å². The number of aliphatic imine (C=N–C) groups is 1. The van der Waals surface area contributed by atoms with Gasteiger partial charge in [0, 0.05) is 0 Å². The molecule has 0 unspecified atom stereocenters. The molecule has 1 amide bonds. The molecule has 1 heterocycles. The zero-order valence-corrected chi connectivity index (χ0v) is 17.2. The number of ether oxygens (including phenoxy) is 2. The van der Waals surface area contributed by atoms with Crippen molar-refractivity contribution < 1.29 is 14.3 Å². The Kier molecular flexibility index (Phi) is 6.15. The van der Waals surface area contributed by atoms with Crippen LogP contribution >= 0.6 is 11.8 Å². The van der Waals surface area contributed by atoms with Crippen LogP contribution in [0.4, 0.5) is 5.69 Å². The van der Waals surface area contributed by atoms with Gasteiger partial charge in [-0.1, -0.05) is 30.3 Å². The molecule has 1 N–H and O–H groups in total. The fourth-order valence-corrected chi connectivity index (χ4v) is 3.67. The van der Waals surface area contributed by atoms with Gasteiger partial charge in [0.15, 0.2) is 5.17 Å². The average Bonchev–Trinajstić information content (AvgIpc) is 3.09. The summed E-state index contributed by atoms with van der Waals surface area (Å²) in [5, 5.41) is 3.36. The minimum atomic E-state index is -0.168. The number of thioether (sulfide) groups is 1. The highest BCUT2D eigenvalue weighted by Gasteiger charge is 2.23. The van der Waals surface area contributed by atoms with E-state index < -0.39 is 0 Å². The molecule has 3 aromatic rings. The van der Waals surface area contributed by atoms with Gasteiger partial charge in [0.2, 0.25) is 0 Å². The van der Waals surface area contributed by atoms with Crippen LogP contribution in [0.25, 0.3) is 6.08 Å². The van der Waals surface area contributed by atoms with Crippen molar-refractivity contribution in [3.05, 3.63) is 89.3 Å². The normalized spacial score (nSPS) is 16.0. The Hall–Kier alpha value is -3.51. The van der Waals surface area contributed by atoms with Crippen LogP contribution in [0.15, 0.2) is 88.8 Å². The van der Waals surface area contributed by atoms with Crippen LogP contribution in [0.1, 0.15) is 12.5 Å². The first-order chi connectivity index (χ1) is 14.7. The molecule has 0 saturated carbocycles. The van der Waals surface area contributed by atoms with Crippen LogP contribution in [0.3, 0.4) is 0 Å². The second kappa shape index (κ2) is 9.33. The van der Waals surface area contributed by atoms with Crippen molar-refractivity contribution in [2.24, 2.45) is 4.99 Å². The highest BCUT2D eigenvalue weighted by Crippen LogP contribution is 2.30. The Morgan fingerprint density at radius 1 is 0.933 bits per heavy atom. The minimum Gasteiger partial charge on any atom is -0.494 e. The van der Waals surface area contributed by atoms with E-state index in [9.17, 15) is 4.79 Å². The lowest BCUT2D eigenvalue weighted by Crippen LogP contribution is -2.19. The van der Waals surface area contributed by atoms with Crippen molar-refractivity contribution in [2.45, 2.75) is 6.92 Å². The molecule has 1 aliphatic heterocycles. The van der Waals surface area contributed by atoms with Gasteiger partial charge in [-0.3, -0.25) is 4.79 Å². The molecule has 0 aromatic heterocycles. The van der Waals surface area contributed by atoms with Gasteiger partial charge in [-0.05, 0) is 78.9 Å². The van der Waals surface area contributed by atoms with Crippen molar-refractivity contribution >= 4 is 34.6 Å². The van der Waals surface area contributed by atoms with E-state index in [1.165, 1.54) is 11.8 Å². The third kappa shape index (κ3) is 5.10. The number of benzene rings is 3. The molecule has 1 saturated heterocycles. The number of nitrogens with one attached hydrogen (secondary N) is 1. The van der Waals surface area contributed by atoms with Gasteiger partial charge in [-0.2, -0.15) is 0 Å². The first-order valence-electron chi connectivity index (χ1n) is 9.55. The number of amides is 1. The van der Waals surface area contributed by atoms with E-state index in [1.807, 2.05) is 91.9 Å². The zero-order chi connectivity index (χ0) is 20.8. The molecule has 0 bridgehead atoms. The number of hydrogen-bond donors (Lipinski definition) is 1. The summed E-state index contributed by atoms with van der Waals surface area (Å²) in [7, 11) is 0. The Bertz CT molecular complexity index is 1090. The number of carbonyl (C=O) groups is 1. The molecule has 0 atom stereocenters. The van der Waals surface area contributed by atoms with Gasteiger partial charge < -0.3 is 14.8 Å². The molecule has 1 aliphatic rings. The molecule has 5 nitrogen and oxygen atoms in total. The molecule has 1 fully saturated rings. The van der Waals surface area contributed by atoms with Crippen molar-refractivity contribution in [3.63, 3.8) is 0 Å². The van der Waals surface area contributed by atoms with Crippen LogP contribution in [0.2, 0.25) is 0 Å². The Labute approximate surface area is 179 Å². The van der Waals surface area contributed by atoms with Gasteiger partial charge >= 0.3 is 0 Å². The summed E-state index contributed by atoms with van der Waals surface area (Å²) in [5.74, 6) is 2.10. The maximum absolute atomic E-state index is 12.4. The highest BCUT2D eigenvalue weighted by atomic mass is 32.2. The van der Waals surface area contributed by atoms with Crippen LogP contribution in [0, 0.1) is 0 Å². The lowest BCUT2D eigenvalue weighted by molar-refractivity contribution is -0.115. The number of carbonyl (C=O) groups excluding carboxylic acids is 1. The van der Waals surface area contributed by atoms with Crippen molar-refractivity contribution in [1.29, 1.82) is 0 Å². The summed E-state index contributed by atoms with van der Waals surface area (Å²) < 4.78 is 11.3. The second-order valence-electron chi connectivity index (χ2n) is 6.40. The molecule has 4 rings (SSSR count). The quantitative estimate of drug-likeness (QED) is 0.518. The highest BCUT2D eigenvalue weighted by molar-refractivity contribution is 8.18. The van der Waals surface area contributed by atoms with E-state index in [2.05, 4.69) is 10.3 Å². The summed E-state index contributed by atoms with van der Waals surface area (Å²) in [6, 6.07) is 24.6. The predicted molar refractivity (Wildman–Crippen MR) is 121 cm³/mol. The maximum Gasteiger partial charge on any atom is 0.264 e. The maximum atomic E-state index is 12.4. The number of amidine groups is 1. The van der Waals surface area contributed by atoms with Crippen molar-refractivity contribution in [1.82, 2.24) is 5.32 Å². The Balaban J connectivity index is 1.48. The second-order valence-corrected chi connectivity index (χ2v) is 7.43. The number of nitrogens with zero attached hydrogens (tertiary/aromatic N) is 1. The molecule has 6 heteroatoms.